The third-order valence-corrected chi connectivity index (χ3v) is 2.98. The van der Waals surface area contributed by atoms with Gasteiger partial charge in [-0.25, -0.2) is 4.98 Å². The predicted octanol–water partition coefficient (Wildman–Crippen LogP) is 1.90. The minimum Gasteiger partial charge on any atom is -0.382 e. The molecule has 0 unspecified atom stereocenters. The summed E-state index contributed by atoms with van der Waals surface area (Å²) in [4.78, 5) is 6.30. The van der Waals surface area contributed by atoms with E-state index in [0.29, 0.717) is 5.82 Å². The lowest BCUT2D eigenvalue weighted by atomic mass is 9.85. The fraction of sp³-hybridized carbons (Fsp3) is 0.545. The van der Waals surface area contributed by atoms with Gasteiger partial charge in [0.05, 0.1) is 5.69 Å². The van der Waals surface area contributed by atoms with Crippen LogP contribution in [0.4, 0.5) is 11.5 Å². The summed E-state index contributed by atoms with van der Waals surface area (Å²) in [7, 11) is 2.09. The van der Waals surface area contributed by atoms with Crippen LogP contribution in [0.1, 0.15) is 19.3 Å². The van der Waals surface area contributed by atoms with Gasteiger partial charge in [0.15, 0.2) is 0 Å². The molecule has 1 fully saturated rings. The van der Waals surface area contributed by atoms with Crippen molar-refractivity contribution in [3.8, 4) is 0 Å². The van der Waals surface area contributed by atoms with Crippen molar-refractivity contribution in [3.63, 3.8) is 0 Å². The Hall–Kier alpha value is -1.25. The van der Waals surface area contributed by atoms with E-state index >= 15 is 0 Å². The van der Waals surface area contributed by atoms with Crippen molar-refractivity contribution in [2.45, 2.75) is 19.3 Å². The third kappa shape index (κ3) is 1.81. The topological polar surface area (TPSA) is 42.2 Å². The maximum Gasteiger partial charge on any atom is 0.146 e. The summed E-state index contributed by atoms with van der Waals surface area (Å²) in [5.74, 6) is 1.49. The number of nitrogens with two attached hydrogens (primary N) is 1. The van der Waals surface area contributed by atoms with E-state index in [2.05, 4.69) is 16.9 Å². The van der Waals surface area contributed by atoms with Gasteiger partial charge in [-0.2, -0.15) is 0 Å². The molecule has 0 atom stereocenters. The molecule has 1 saturated carbocycles. The molecule has 14 heavy (non-hydrogen) atoms. The van der Waals surface area contributed by atoms with Crippen LogP contribution in [0.2, 0.25) is 0 Å². The van der Waals surface area contributed by atoms with E-state index in [-0.39, 0.29) is 0 Å². The molecule has 1 aromatic heterocycles. The van der Waals surface area contributed by atoms with Crippen LogP contribution in [0, 0.1) is 5.92 Å². The zero-order valence-corrected chi connectivity index (χ0v) is 8.61. The highest BCUT2D eigenvalue weighted by Gasteiger charge is 2.19. The van der Waals surface area contributed by atoms with Gasteiger partial charge >= 0.3 is 0 Å². The van der Waals surface area contributed by atoms with Gasteiger partial charge in [-0.3, -0.25) is 0 Å². The average molecular weight is 191 g/mol. The van der Waals surface area contributed by atoms with Crippen molar-refractivity contribution in [1.82, 2.24) is 4.98 Å². The Labute approximate surface area is 84.9 Å². The molecule has 2 N–H and O–H groups in total. The van der Waals surface area contributed by atoms with E-state index in [0.717, 1.165) is 18.2 Å². The Morgan fingerprint density at radius 1 is 1.57 bits per heavy atom. The minimum absolute atomic E-state index is 0.634. The van der Waals surface area contributed by atoms with Gasteiger partial charge in [0.25, 0.3) is 0 Å². The van der Waals surface area contributed by atoms with Crippen LogP contribution in [-0.4, -0.2) is 18.6 Å². The lowest BCUT2D eigenvalue weighted by molar-refractivity contribution is 0.321. The van der Waals surface area contributed by atoms with Gasteiger partial charge in [-0.05, 0) is 30.9 Å². The normalized spacial score (nSPS) is 16.4. The predicted molar refractivity (Wildman–Crippen MR) is 59.3 cm³/mol. The van der Waals surface area contributed by atoms with E-state index in [1.54, 1.807) is 6.20 Å². The molecule has 0 aromatic carbocycles. The minimum atomic E-state index is 0.634. The molecule has 1 aromatic rings. The smallest absolute Gasteiger partial charge is 0.146 e. The Morgan fingerprint density at radius 3 is 2.93 bits per heavy atom. The molecule has 0 bridgehead atoms. The van der Waals surface area contributed by atoms with Gasteiger partial charge in [0, 0.05) is 19.8 Å². The first kappa shape index (κ1) is 9.31. The number of rotatable bonds is 3. The Balaban J connectivity index is 2.02. The molecule has 2 rings (SSSR count). The van der Waals surface area contributed by atoms with Crippen molar-refractivity contribution < 1.29 is 0 Å². The zero-order chi connectivity index (χ0) is 9.97. The van der Waals surface area contributed by atoms with E-state index in [4.69, 9.17) is 5.73 Å². The van der Waals surface area contributed by atoms with Gasteiger partial charge in [-0.1, -0.05) is 6.42 Å². The number of nitrogens with zero attached hydrogens (tertiary/aromatic N) is 2. The van der Waals surface area contributed by atoms with Gasteiger partial charge in [-0.15, -0.1) is 0 Å². The van der Waals surface area contributed by atoms with Crippen LogP contribution >= 0.6 is 0 Å². The maximum atomic E-state index is 5.80. The molecule has 1 aliphatic rings. The number of aromatic nitrogens is 1. The summed E-state index contributed by atoms with van der Waals surface area (Å²) in [6, 6.07) is 3.96. The van der Waals surface area contributed by atoms with Crippen LogP contribution in [-0.2, 0) is 0 Å². The summed E-state index contributed by atoms with van der Waals surface area (Å²) < 4.78 is 0. The van der Waals surface area contributed by atoms with Crippen LogP contribution in [0.3, 0.4) is 0 Å². The van der Waals surface area contributed by atoms with Crippen molar-refractivity contribution in [2.24, 2.45) is 5.92 Å². The number of nitrogen functional groups attached to an aromatic ring is 1. The molecule has 3 heteroatoms. The number of pyridine rings is 1. The first-order valence-corrected chi connectivity index (χ1v) is 5.19. The molecule has 0 amide bonds. The average Bonchev–Trinajstić information content (AvgIpc) is 2.12. The second kappa shape index (κ2) is 3.86. The van der Waals surface area contributed by atoms with E-state index in [9.17, 15) is 0 Å². The number of hydrogen-bond acceptors (Lipinski definition) is 3. The second-order valence-electron chi connectivity index (χ2n) is 4.09. The van der Waals surface area contributed by atoms with E-state index in [1.165, 1.54) is 19.3 Å². The Bertz CT molecular complexity index is 307. The summed E-state index contributed by atoms with van der Waals surface area (Å²) in [5.41, 5.74) is 6.86. The molecule has 0 spiro atoms. The molecule has 0 aliphatic heterocycles. The Kier molecular flexibility index (Phi) is 2.57. The van der Waals surface area contributed by atoms with Crippen LogP contribution in [0.5, 0.6) is 0 Å². The monoisotopic (exact) mass is 191 g/mol. The van der Waals surface area contributed by atoms with E-state index in [1.807, 2.05) is 12.1 Å². The quantitative estimate of drug-likeness (QED) is 0.793. The molecule has 0 radical (unpaired) electrons. The summed E-state index contributed by atoms with van der Waals surface area (Å²) >= 11 is 0. The van der Waals surface area contributed by atoms with Crippen LogP contribution < -0.4 is 10.6 Å². The molecule has 1 aliphatic carbocycles. The molecular formula is C11H17N3. The molecular weight excluding hydrogens is 174 g/mol. The standard InChI is InChI=1S/C11H17N3/c1-14(8-9-4-2-5-9)10-6-3-7-13-11(10)12/h3,6-7,9H,2,4-5,8H2,1H3,(H2,12,13). The molecule has 1 heterocycles. The fourth-order valence-electron chi connectivity index (χ4n) is 1.89. The van der Waals surface area contributed by atoms with Crippen molar-refractivity contribution in [3.05, 3.63) is 18.3 Å². The van der Waals surface area contributed by atoms with Gasteiger partial charge in [0.2, 0.25) is 0 Å². The molecule has 0 saturated heterocycles. The highest BCUT2D eigenvalue weighted by atomic mass is 15.1. The number of anilines is 2. The fourth-order valence-corrected chi connectivity index (χ4v) is 1.89. The third-order valence-electron chi connectivity index (χ3n) is 2.98. The second-order valence-corrected chi connectivity index (χ2v) is 4.09. The SMILES string of the molecule is CN(CC1CCC1)c1cccnc1N. The lowest BCUT2D eigenvalue weighted by Gasteiger charge is -2.31. The summed E-state index contributed by atoms with van der Waals surface area (Å²) in [6.45, 7) is 1.11. The molecule has 76 valence electrons. The first-order chi connectivity index (χ1) is 6.77. The summed E-state index contributed by atoms with van der Waals surface area (Å²) in [6.07, 6.45) is 5.85. The number of hydrogen-bond donors (Lipinski definition) is 1. The van der Waals surface area contributed by atoms with Crippen LogP contribution in [0.25, 0.3) is 0 Å². The molecule has 3 nitrogen and oxygen atoms in total. The lowest BCUT2D eigenvalue weighted by Crippen LogP contribution is -2.29. The highest BCUT2D eigenvalue weighted by molar-refractivity contribution is 5.62. The van der Waals surface area contributed by atoms with E-state index < -0.39 is 0 Å². The largest absolute Gasteiger partial charge is 0.382 e. The maximum absolute atomic E-state index is 5.80. The highest BCUT2D eigenvalue weighted by Crippen LogP contribution is 2.29. The van der Waals surface area contributed by atoms with Crippen molar-refractivity contribution in [2.75, 3.05) is 24.2 Å². The van der Waals surface area contributed by atoms with Gasteiger partial charge in [0.1, 0.15) is 5.82 Å². The van der Waals surface area contributed by atoms with Crippen molar-refractivity contribution in [1.29, 1.82) is 0 Å². The zero-order valence-electron chi connectivity index (χ0n) is 8.61. The first-order valence-electron chi connectivity index (χ1n) is 5.19. The van der Waals surface area contributed by atoms with Crippen molar-refractivity contribution >= 4 is 11.5 Å². The van der Waals surface area contributed by atoms with Crippen LogP contribution in [0.15, 0.2) is 18.3 Å². The summed E-state index contributed by atoms with van der Waals surface area (Å²) in [5, 5.41) is 0. The Morgan fingerprint density at radius 2 is 2.36 bits per heavy atom. The van der Waals surface area contributed by atoms with Gasteiger partial charge < -0.3 is 10.6 Å².